The van der Waals surface area contributed by atoms with Crippen LogP contribution >= 0.6 is 11.8 Å². The molecule has 1 fully saturated rings. The van der Waals surface area contributed by atoms with Crippen molar-refractivity contribution in [3.63, 3.8) is 0 Å². The van der Waals surface area contributed by atoms with Crippen molar-refractivity contribution in [1.82, 2.24) is 14.8 Å². The molecule has 0 radical (unpaired) electrons. The first-order valence-corrected chi connectivity index (χ1v) is 13.2. The molecular weight excluding hydrogens is 525 g/mol. The summed E-state index contributed by atoms with van der Waals surface area (Å²) in [5.41, 5.74) is 4.68. The van der Waals surface area contributed by atoms with E-state index < -0.39 is 6.36 Å². The second-order valence-corrected chi connectivity index (χ2v) is 10.1. The standard InChI is InChI=1S/C28H25F3N6OS/c1-19(2)24-5-3-4-6-25(24)36-15-16-39-27(36)34-33-17-20-7-9-21(10-8-20)26-32-18-37(35-26)22-11-13-23(14-12-22)38-28(29,30)31/h3-14,17-19H,15-16H2,1-2H3/b33-17+,34-27+. The van der Waals surface area contributed by atoms with E-state index in [0.29, 0.717) is 17.4 Å². The molecule has 3 aromatic carbocycles. The van der Waals surface area contributed by atoms with Crippen LogP contribution in [0.1, 0.15) is 30.9 Å². The Morgan fingerprint density at radius 1 is 1.00 bits per heavy atom. The number of aromatic nitrogens is 3. The lowest BCUT2D eigenvalue weighted by atomic mass is 10.0. The molecule has 11 heteroatoms. The van der Waals surface area contributed by atoms with Gasteiger partial charge in [0.05, 0.1) is 11.9 Å². The highest BCUT2D eigenvalue weighted by Crippen LogP contribution is 2.32. The molecule has 0 atom stereocenters. The Morgan fingerprint density at radius 2 is 1.74 bits per heavy atom. The van der Waals surface area contributed by atoms with Gasteiger partial charge in [-0.05, 0) is 47.4 Å². The lowest BCUT2D eigenvalue weighted by molar-refractivity contribution is -0.274. The highest BCUT2D eigenvalue weighted by Gasteiger charge is 2.31. The predicted molar refractivity (Wildman–Crippen MR) is 149 cm³/mol. The molecule has 0 saturated carbocycles. The average Bonchev–Trinajstić information content (AvgIpc) is 3.59. The van der Waals surface area contributed by atoms with Gasteiger partial charge in [0.25, 0.3) is 0 Å². The van der Waals surface area contributed by atoms with Gasteiger partial charge in [0.1, 0.15) is 12.1 Å². The van der Waals surface area contributed by atoms with Crippen LogP contribution < -0.4 is 9.64 Å². The Morgan fingerprint density at radius 3 is 2.46 bits per heavy atom. The van der Waals surface area contributed by atoms with Gasteiger partial charge in [0.15, 0.2) is 11.0 Å². The monoisotopic (exact) mass is 550 g/mol. The summed E-state index contributed by atoms with van der Waals surface area (Å²) in [7, 11) is 0. The molecule has 7 nitrogen and oxygen atoms in total. The van der Waals surface area contributed by atoms with Crippen LogP contribution in [-0.4, -0.2) is 44.8 Å². The number of para-hydroxylation sites is 1. The first kappa shape index (κ1) is 26.5. The quantitative estimate of drug-likeness (QED) is 0.185. The predicted octanol–water partition coefficient (Wildman–Crippen LogP) is 6.90. The van der Waals surface area contributed by atoms with Crippen LogP contribution in [0.2, 0.25) is 0 Å². The van der Waals surface area contributed by atoms with Gasteiger partial charge in [0, 0.05) is 23.5 Å². The normalized spacial score (nSPS) is 15.1. The number of anilines is 1. The Hall–Kier alpha value is -4.12. The summed E-state index contributed by atoms with van der Waals surface area (Å²) in [6, 6.07) is 21.4. The van der Waals surface area contributed by atoms with Crippen LogP contribution in [0.5, 0.6) is 5.75 Å². The van der Waals surface area contributed by atoms with Crippen molar-refractivity contribution in [2.24, 2.45) is 10.2 Å². The summed E-state index contributed by atoms with van der Waals surface area (Å²) in [5.74, 6) is 1.56. The molecule has 39 heavy (non-hydrogen) atoms. The van der Waals surface area contributed by atoms with Gasteiger partial charge in [-0.2, -0.15) is 5.10 Å². The number of alkyl halides is 3. The van der Waals surface area contributed by atoms with Gasteiger partial charge in [0.2, 0.25) is 0 Å². The van der Waals surface area contributed by atoms with E-state index in [2.05, 4.69) is 62.0 Å². The van der Waals surface area contributed by atoms with Gasteiger partial charge in [-0.3, -0.25) is 0 Å². The summed E-state index contributed by atoms with van der Waals surface area (Å²) in [4.78, 5) is 6.54. The lowest BCUT2D eigenvalue weighted by Gasteiger charge is -2.22. The van der Waals surface area contributed by atoms with Gasteiger partial charge in [-0.25, -0.2) is 9.67 Å². The molecule has 4 aromatic rings. The summed E-state index contributed by atoms with van der Waals surface area (Å²) >= 11 is 1.69. The Kier molecular flexibility index (Phi) is 7.69. The van der Waals surface area contributed by atoms with Crippen LogP contribution in [-0.2, 0) is 0 Å². The Bertz CT molecular complexity index is 1480. The minimum atomic E-state index is -4.73. The summed E-state index contributed by atoms with van der Waals surface area (Å²) < 4.78 is 42.5. The SMILES string of the molecule is CC(C)c1ccccc1N1CCS/C1=N/N=C/c1ccc(-c2ncn(-c3ccc(OC(F)(F)F)cc3)n2)cc1. The Balaban J connectivity index is 1.25. The van der Waals surface area contributed by atoms with Crippen molar-refractivity contribution in [2.45, 2.75) is 26.1 Å². The number of amidine groups is 1. The van der Waals surface area contributed by atoms with E-state index in [0.717, 1.165) is 28.6 Å². The van der Waals surface area contributed by atoms with E-state index in [4.69, 9.17) is 0 Å². The highest BCUT2D eigenvalue weighted by molar-refractivity contribution is 8.14. The third-order valence-electron chi connectivity index (χ3n) is 5.97. The fraction of sp³-hybridized carbons (Fsp3) is 0.214. The minimum Gasteiger partial charge on any atom is -0.406 e. The van der Waals surface area contributed by atoms with Crippen LogP contribution in [0.15, 0.2) is 89.3 Å². The first-order valence-electron chi connectivity index (χ1n) is 12.3. The maximum Gasteiger partial charge on any atom is 0.573 e. The number of thioether (sulfide) groups is 1. The Labute approximate surface area is 228 Å². The van der Waals surface area contributed by atoms with E-state index >= 15 is 0 Å². The van der Waals surface area contributed by atoms with E-state index in [1.807, 2.05) is 30.3 Å². The largest absolute Gasteiger partial charge is 0.573 e. The molecule has 0 bridgehead atoms. The minimum absolute atomic E-state index is 0.298. The van der Waals surface area contributed by atoms with Crippen LogP contribution in [0.25, 0.3) is 17.1 Å². The molecule has 1 aliphatic heterocycles. The molecule has 0 spiro atoms. The van der Waals surface area contributed by atoms with Gasteiger partial charge in [-0.1, -0.05) is 68.1 Å². The molecule has 1 aromatic heterocycles. The maximum absolute atomic E-state index is 12.4. The number of nitrogens with zero attached hydrogens (tertiary/aromatic N) is 6. The van der Waals surface area contributed by atoms with E-state index in [1.54, 1.807) is 18.0 Å². The number of hydrogen-bond donors (Lipinski definition) is 0. The molecule has 0 unspecified atom stereocenters. The highest BCUT2D eigenvalue weighted by atomic mass is 32.2. The van der Waals surface area contributed by atoms with E-state index in [-0.39, 0.29) is 5.75 Å². The number of hydrogen-bond acceptors (Lipinski definition) is 6. The second-order valence-electron chi connectivity index (χ2n) is 9.02. The van der Waals surface area contributed by atoms with Crippen molar-refractivity contribution in [3.05, 3.63) is 90.3 Å². The molecular formula is C28H25F3N6OS. The summed E-state index contributed by atoms with van der Waals surface area (Å²) in [5, 5.41) is 14.1. The molecule has 1 aliphatic rings. The van der Waals surface area contributed by atoms with Crippen molar-refractivity contribution in [2.75, 3.05) is 17.2 Å². The fourth-order valence-corrected chi connectivity index (χ4v) is 5.02. The number of rotatable bonds is 7. The van der Waals surface area contributed by atoms with Crippen molar-refractivity contribution >= 4 is 28.8 Å². The zero-order chi connectivity index (χ0) is 27.4. The number of halogens is 3. The van der Waals surface area contributed by atoms with Gasteiger partial charge < -0.3 is 9.64 Å². The van der Waals surface area contributed by atoms with E-state index in [9.17, 15) is 13.2 Å². The molecule has 200 valence electrons. The molecule has 5 rings (SSSR count). The van der Waals surface area contributed by atoms with Crippen molar-refractivity contribution in [3.8, 4) is 22.8 Å². The molecule has 0 amide bonds. The summed E-state index contributed by atoms with van der Waals surface area (Å²) in [6.07, 6.45) is -1.52. The molecule has 1 saturated heterocycles. The number of benzene rings is 3. The second kappa shape index (κ2) is 11.3. The topological polar surface area (TPSA) is 67.9 Å². The van der Waals surface area contributed by atoms with Crippen molar-refractivity contribution < 1.29 is 17.9 Å². The zero-order valence-corrected chi connectivity index (χ0v) is 22.0. The molecule has 0 N–H and O–H groups in total. The van der Waals surface area contributed by atoms with Crippen molar-refractivity contribution in [1.29, 1.82) is 0 Å². The smallest absolute Gasteiger partial charge is 0.406 e. The zero-order valence-electron chi connectivity index (χ0n) is 21.2. The average molecular weight is 551 g/mol. The summed E-state index contributed by atoms with van der Waals surface area (Å²) in [6.45, 7) is 5.27. The fourth-order valence-electron chi connectivity index (χ4n) is 4.11. The maximum atomic E-state index is 12.4. The third kappa shape index (κ3) is 6.48. The van der Waals surface area contributed by atoms with Crippen LogP contribution in [0, 0.1) is 0 Å². The van der Waals surface area contributed by atoms with Crippen LogP contribution in [0.4, 0.5) is 18.9 Å². The van der Waals surface area contributed by atoms with Crippen LogP contribution in [0.3, 0.4) is 0 Å². The molecule has 2 heterocycles. The third-order valence-corrected chi connectivity index (χ3v) is 6.92. The van der Waals surface area contributed by atoms with Gasteiger partial charge in [-0.15, -0.1) is 23.4 Å². The number of ether oxygens (including phenoxy) is 1. The molecule has 0 aliphatic carbocycles. The van der Waals surface area contributed by atoms with E-state index in [1.165, 1.54) is 46.5 Å². The lowest BCUT2D eigenvalue weighted by Crippen LogP contribution is -2.24. The first-order chi connectivity index (χ1) is 18.8. The van der Waals surface area contributed by atoms with Gasteiger partial charge >= 0.3 is 6.36 Å².